The van der Waals surface area contributed by atoms with E-state index in [1.54, 1.807) is 29.5 Å². The molecule has 2 aromatic carbocycles. The summed E-state index contributed by atoms with van der Waals surface area (Å²) in [6, 6.07) is 15.6. The smallest absolute Gasteiger partial charge is 0.262 e. The summed E-state index contributed by atoms with van der Waals surface area (Å²) in [5, 5.41) is 3.84. The second-order valence-electron chi connectivity index (χ2n) is 8.36. The number of ketones is 1. The number of carbonyl (C=O) groups is 2. The van der Waals surface area contributed by atoms with E-state index in [1.807, 2.05) is 18.2 Å². The van der Waals surface area contributed by atoms with Gasteiger partial charge in [-0.15, -0.1) is 11.3 Å². The fourth-order valence-corrected chi connectivity index (χ4v) is 5.42. The highest BCUT2D eigenvalue weighted by Crippen LogP contribution is 2.32. The highest BCUT2D eigenvalue weighted by atomic mass is 32.1. The number of nitrogens with zero attached hydrogens (tertiary/aromatic N) is 2. The van der Waals surface area contributed by atoms with Crippen LogP contribution < -0.4 is 10.1 Å². The molecule has 164 valence electrons. The average molecular weight is 448 g/mol. The number of amides is 1. The predicted molar refractivity (Wildman–Crippen MR) is 125 cm³/mol. The van der Waals surface area contributed by atoms with Gasteiger partial charge in [-0.3, -0.25) is 14.5 Å². The number of piperidine rings is 1. The number of ether oxygens (including phenoxy) is 1. The van der Waals surface area contributed by atoms with Crippen LogP contribution in [0.15, 0.2) is 48.5 Å². The molecule has 5 rings (SSSR count). The maximum atomic E-state index is 13.1. The second-order valence-corrected chi connectivity index (χ2v) is 9.44. The maximum absolute atomic E-state index is 13.1. The largest absolute Gasteiger partial charge is 0.482 e. The molecule has 3 heterocycles. The Labute approximate surface area is 191 Å². The summed E-state index contributed by atoms with van der Waals surface area (Å²) in [6.07, 6.45) is 1.67. The first kappa shape index (κ1) is 20.8. The van der Waals surface area contributed by atoms with E-state index in [0.29, 0.717) is 17.0 Å². The van der Waals surface area contributed by atoms with Gasteiger partial charge in [0.2, 0.25) is 0 Å². The molecule has 2 aliphatic rings. The number of carbonyl (C=O) groups excluding carboxylic acids is 2. The van der Waals surface area contributed by atoms with Crippen LogP contribution in [0, 0.1) is 12.8 Å². The number of thiazole rings is 1. The van der Waals surface area contributed by atoms with Crippen LogP contribution in [0.5, 0.6) is 5.75 Å². The first-order valence-electron chi connectivity index (χ1n) is 10.9. The zero-order chi connectivity index (χ0) is 22.1. The van der Waals surface area contributed by atoms with E-state index < -0.39 is 0 Å². The Kier molecular flexibility index (Phi) is 5.76. The van der Waals surface area contributed by atoms with Crippen molar-refractivity contribution in [3.05, 3.63) is 64.7 Å². The highest BCUT2D eigenvalue weighted by Gasteiger charge is 2.27. The lowest BCUT2D eigenvalue weighted by Gasteiger charge is -2.31. The van der Waals surface area contributed by atoms with Gasteiger partial charge in [0.1, 0.15) is 10.8 Å². The van der Waals surface area contributed by atoms with Crippen molar-refractivity contribution in [3.63, 3.8) is 0 Å². The summed E-state index contributed by atoms with van der Waals surface area (Å²) in [5.41, 5.74) is 3.46. The first-order chi connectivity index (χ1) is 15.6. The Morgan fingerprint density at radius 2 is 1.97 bits per heavy atom. The zero-order valence-corrected chi connectivity index (χ0v) is 18.8. The molecule has 0 bridgehead atoms. The minimum atomic E-state index is -0.191. The molecule has 1 amide bonds. The molecule has 1 fully saturated rings. The lowest BCUT2D eigenvalue weighted by atomic mass is 9.88. The van der Waals surface area contributed by atoms with Gasteiger partial charge >= 0.3 is 0 Å². The van der Waals surface area contributed by atoms with Crippen molar-refractivity contribution in [2.24, 2.45) is 5.92 Å². The van der Waals surface area contributed by atoms with Crippen molar-refractivity contribution < 1.29 is 14.3 Å². The van der Waals surface area contributed by atoms with E-state index in [1.165, 1.54) is 4.88 Å². The lowest BCUT2D eigenvalue weighted by Crippen LogP contribution is -2.36. The maximum Gasteiger partial charge on any atom is 0.262 e. The number of likely N-dealkylation sites (tertiary alicyclic amines) is 1. The van der Waals surface area contributed by atoms with Crippen LogP contribution >= 0.6 is 11.3 Å². The molecule has 3 aromatic rings. The summed E-state index contributed by atoms with van der Waals surface area (Å²) in [5.74, 6) is 0.578. The molecule has 2 aliphatic heterocycles. The minimum Gasteiger partial charge on any atom is -0.482 e. The zero-order valence-electron chi connectivity index (χ0n) is 18.0. The van der Waals surface area contributed by atoms with E-state index in [9.17, 15) is 9.59 Å². The van der Waals surface area contributed by atoms with Gasteiger partial charge in [0.25, 0.3) is 5.91 Å². The summed E-state index contributed by atoms with van der Waals surface area (Å²) < 4.78 is 5.39. The van der Waals surface area contributed by atoms with Crippen molar-refractivity contribution >= 4 is 28.7 Å². The molecule has 0 radical (unpaired) electrons. The van der Waals surface area contributed by atoms with Crippen LogP contribution in [0.1, 0.15) is 33.8 Å². The molecule has 6 nitrogen and oxygen atoms in total. The lowest BCUT2D eigenvalue weighted by molar-refractivity contribution is -0.118. The molecular weight excluding hydrogens is 422 g/mol. The molecule has 32 heavy (non-hydrogen) atoms. The van der Waals surface area contributed by atoms with Crippen LogP contribution in [-0.2, 0) is 11.3 Å². The number of nitrogens with one attached hydrogen (secondary N) is 1. The fourth-order valence-electron chi connectivity index (χ4n) is 4.31. The average Bonchev–Trinajstić information content (AvgIpc) is 3.19. The molecule has 1 saturated heterocycles. The highest BCUT2D eigenvalue weighted by molar-refractivity contribution is 7.15. The summed E-state index contributed by atoms with van der Waals surface area (Å²) in [6.45, 7) is 4.75. The molecule has 0 unspecified atom stereocenters. The third kappa shape index (κ3) is 4.31. The van der Waals surface area contributed by atoms with Crippen molar-refractivity contribution in [2.45, 2.75) is 26.3 Å². The number of anilines is 1. The van der Waals surface area contributed by atoms with E-state index in [4.69, 9.17) is 9.72 Å². The van der Waals surface area contributed by atoms with Crippen molar-refractivity contribution in [1.82, 2.24) is 9.88 Å². The van der Waals surface area contributed by atoms with Crippen LogP contribution in [0.2, 0.25) is 0 Å². The first-order valence-corrected chi connectivity index (χ1v) is 11.7. The second kappa shape index (κ2) is 8.84. The number of fused-ring (bicyclic) bond motifs is 1. The normalized spacial score (nSPS) is 16.8. The number of aryl methyl sites for hydroxylation is 1. The Morgan fingerprint density at radius 1 is 1.19 bits per heavy atom. The van der Waals surface area contributed by atoms with Crippen molar-refractivity contribution in [3.8, 4) is 16.3 Å². The third-order valence-corrected chi connectivity index (χ3v) is 7.33. The third-order valence-electron chi connectivity index (χ3n) is 6.14. The minimum absolute atomic E-state index is 0.00643. The number of hydrogen-bond acceptors (Lipinski definition) is 6. The fraction of sp³-hybridized carbons (Fsp3) is 0.320. The van der Waals surface area contributed by atoms with Gasteiger partial charge in [-0.2, -0.15) is 0 Å². The summed E-state index contributed by atoms with van der Waals surface area (Å²) in [4.78, 5) is 33.1. The van der Waals surface area contributed by atoms with Gasteiger partial charge in [-0.25, -0.2) is 4.98 Å². The van der Waals surface area contributed by atoms with E-state index in [2.05, 4.69) is 29.3 Å². The Morgan fingerprint density at radius 3 is 2.75 bits per heavy atom. The van der Waals surface area contributed by atoms with Crippen LogP contribution in [0.4, 0.5) is 5.69 Å². The molecule has 0 atom stereocenters. The molecule has 0 spiro atoms. The number of rotatable bonds is 5. The quantitative estimate of drug-likeness (QED) is 0.581. The Hall–Kier alpha value is -3.03. The predicted octanol–water partition coefficient (Wildman–Crippen LogP) is 4.54. The van der Waals surface area contributed by atoms with Gasteiger partial charge in [0, 0.05) is 28.5 Å². The van der Waals surface area contributed by atoms with Crippen LogP contribution in [0.25, 0.3) is 10.6 Å². The van der Waals surface area contributed by atoms with E-state index in [-0.39, 0.29) is 24.2 Å². The summed E-state index contributed by atoms with van der Waals surface area (Å²) >= 11 is 1.76. The van der Waals surface area contributed by atoms with E-state index >= 15 is 0 Å². The van der Waals surface area contributed by atoms with Gasteiger partial charge < -0.3 is 10.1 Å². The number of benzene rings is 2. The Balaban J connectivity index is 1.20. The van der Waals surface area contributed by atoms with Gasteiger partial charge in [0.05, 0.1) is 11.4 Å². The van der Waals surface area contributed by atoms with Crippen molar-refractivity contribution in [1.29, 1.82) is 0 Å². The number of Topliss-reactive ketones (excluding diaryl/α,β-unsaturated/α-hetero) is 1. The molecular formula is C25H25N3O3S. The van der Waals surface area contributed by atoms with E-state index in [0.717, 1.165) is 48.7 Å². The number of hydrogen-bond donors (Lipinski definition) is 1. The van der Waals surface area contributed by atoms with Crippen LogP contribution in [-0.4, -0.2) is 41.3 Å². The molecule has 0 saturated carbocycles. The SMILES string of the molecule is Cc1nc(-c2ccccc2)sc1CN1CCC(C(=O)c2ccc3c(c2)NC(=O)CO3)CC1. The monoisotopic (exact) mass is 447 g/mol. The van der Waals surface area contributed by atoms with Gasteiger partial charge in [-0.1, -0.05) is 30.3 Å². The van der Waals surface area contributed by atoms with Crippen molar-refractivity contribution in [2.75, 3.05) is 25.0 Å². The topological polar surface area (TPSA) is 71.5 Å². The Bertz CT molecular complexity index is 1150. The van der Waals surface area contributed by atoms with Crippen LogP contribution in [0.3, 0.4) is 0 Å². The molecule has 1 N–H and O–H groups in total. The standard InChI is InChI=1S/C25H25N3O3S/c1-16-22(32-25(26-16)18-5-3-2-4-6-18)14-28-11-9-17(10-12-28)24(30)19-7-8-21-20(13-19)27-23(29)15-31-21/h2-8,13,17H,9-12,14-15H2,1H3,(H,27,29). The molecule has 1 aromatic heterocycles. The number of aromatic nitrogens is 1. The summed E-state index contributed by atoms with van der Waals surface area (Å²) in [7, 11) is 0. The molecule has 7 heteroatoms. The van der Waals surface area contributed by atoms with Gasteiger partial charge in [-0.05, 0) is 51.1 Å². The molecule has 0 aliphatic carbocycles. The van der Waals surface area contributed by atoms with Gasteiger partial charge in [0.15, 0.2) is 12.4 Å².